The van der Waals surface area contributed by atoms with Crippen LogP contribution in [-0.2, 0) is 6.42 Å². The molecule has 2 unspecified atom stereocenters. The van der Waals surface area contributed by atoms with E-state index in [0.29, 0.717) is 18.8 Å². The lowest BCUT2D eigenvalue weighted by Gasteiger charge is -2.31. The van der Waals surface area contributed by atoms with E-state index in [4.69, 9.17) is 5.73 Å². The molecule has 1 aliphatic rings. The third-order valence-corrected chi connectivity index (χ3v) is 4.81. The van der Waals surface area contributed by atoms with Gasteiger partial charge in [0.05, 0.1) is 12.6 Å². The average molecular weight is 342 g/mol. The Labute approximate surface area is 146 Å². The number of aromatic nitrogens is 1. The molecule has 132 valence electrons. The highest BCUT2D eigenvalue weighted by molar-refractivity contribution is 5.91. The minimum absolute atomic E-state index is 0.258. The number of hydrogen-bond acceptors (Lipinski definition) is 3. The van der Waals surface area contributed by atoms with Crippen molar-refractivity contribution in [3.8, 4) is 0 Å². The zero-order chi connectivity index (χ0) is 17.7. The fourth-order valence-electron chi connectivity index (χ4n) is 3.43. The summed E-state index contributed by atoms with van der Waals surface area (Å²) in [5, 5.41) is 13.5. The van der Waals surface area contributed by atoms with Crippen molar-refractivity contribution in [2.75, 3.05) is 11.9 Å². The standard InChI is InChI=1S/C19H23FN4O/c20-15-8-6-14(7-9-15)12-19(10-3-4-16(19)25)13-23-18(21)24-17-5-1-2-11-22-17/h1-2,5-9,11,16,25H,3-4,10,12-13H2,(H3,21,22,23,24). The molecule has 0 amide bonds. The third-order valence-electron chi connectivity index (χ3n) is 4.81. The van der Waals surface area contributed by atoms with Gasteiger partial charge in [0.1, 0.15) is 11.6 Å². The predicted molar refractivity (Wildman–Crippen MR) is 96.7 cm³/mol. The van der Waals surface area contributed by atoms with Crippen LogP contribution in [0.4, 0.5) is 10.2 Å². The Balaban J connectivity index is 1.72. The van der Waals surface area contributed by atoms with Gasteiger partial charge in [-0.05, 0) is 49.1 Å². The van der Waals surface area contributed by atoms with Crippen LogP contribution in [0.15, 0.2) is 53.7 Å². The van der Waals surface area contributed by atoms with Crippen LogP contribution in [-0.4, -0.2) is 28.7 Å². The second-order valence-corrected chi connectivity index (χ2v) is 6.62. The van der Waals surface area contributed by atoms with Crippen molar-refractivity contribution in [1.29, 1.82) is 0 Å². The lowest BCUT2D eigenvalue weighted by atomic mass is 9.78. The first-order valence-corrected chi connectivity index (χ1v) is 8.48. The van der Waals surface area contributed by atoms with Gasteiger partial charge in [-0.15, -0.1) is 0 Å². The number of pyridine rings is 1. The number of hydrogen-bond donors (Lipinski definition) is 3. The summed E-state index contributed by atoms with van der Waals surface area (Å²) in [4.78, 5) is 8.60. The summed E-state index contributed by atoms with van der Waals surface area (Å²) < 4.78 is 13.1. The molecule has 4 N–H and O–H groups in total. The molecule has 0 radical (unpaired) electrons. The highest BCUT2D eigenvalue weighted by Crippen LogP contribution is 2.41. The van der Waals surface area contributed by atoms with Crippen molar-refractivity contribution in [1.82, 2.24) is 4.98 Å². The highest BCUT2D eigenvalue weighted by Gasteiger charge is 2.42. The number of rotatable bonds is 5. The van der Waals surface area contributed by atoms with E-state index in [9.17, 15) is 9.50 Å². The second-order valence-electron chi connectivity index (χ2n) is 6.62. The van der Waals surface area contributed by atoms with E-state index in [1.807, 2.05) is 12.1 Å². The summed E-state index contributed by atoms with van der Waals surface area (Å²) in [5.41, 5.74) is 6.60. The Bertz CT molecular complexity index is 720. The summed E-state index contributed by atoms with van der Waals surface area (Å²) in [7, 11) is 0. The third kappa shape index (κ3) is 4.33. The normalized spacial score (nSPS) is 23.6. The van der Waals surface area contributed by atoms with Crippen molar-refractivity contribution >= 4 is 11.8 Å². The van der Waals surface area contributed by atoms with Gasteiger partial charge in [-0.25, -0.2) is 9.37 Å². The smallest absolute Gasteiger partial charge is 0.194 e. The van der Waals surface area contributed by atoms with Gasteiger partial charge in [0.15, 0.2) is 5.96 Å². The molecule has 1 heterocycles. The molecule has 1 aliphatic carbocycles. The van der Waals surface area contributed by atoms with Gasteiger partial charge >= 0.3 is 0 Å². The predicted octanol–water partition coefficient (Wildman–Crippen LogP) is 2.72. The van der Waals surface area contributed by atoms with Crippen LogP contribution >= 0.6 is 0 Å². The molecule has 0 aliphatic heterocycles. The summed E-state index contributed by atoms with van der Waals surface area (Å²) in [6, 6.07) is 11.9. The molecule has 3 rings (SSSR count). The Hall–Kier alpha value is -2.47. The second kappa shape index (κ2) is 7.61. The van der Waals surface area contributed by atoms with Crippen molar-refractivity contribution in [2.45, 2.75) is 31.8 Å². The van der Waals surface area contributed by atoms with Gasteiger partial charge in [0.25, 0.3) is 0 Å². The van der Waals surface area contributed by atoms with E-state index in [2.05, 4.69) is 15.3 Å². The molecule has 0 spiro atoms. The van der Waals surface area contributed by atoms with Gasteiger partial charge in [0, 0.05) is 11.6 Å². The quantitative estimate of drug-likeness (QED) is 0.576. The Kier molecular flexibility index (Phi) is 5.28. The maximum atomic E-state index is 13.1. The van der Waals surface area contributed by atoms with Crippen LogP contribution in [0.1, 0.15) is 24.8 Å². The Morgan fingerprint density at radius 2 is 2.12 bits per heavy atom. The maximum absolute atomic E-state index is 13.1. The van der Waals surface area contributed by atoms with E-state index >= 15 is 0 Å². The number of nitrogens with zero attached hydrogens (tertiary/aromatic N) is 2. The molecular formula is C19H23FN4O. The van der Waals surface area contributed by atoms with Crippen molar-refractivity contribution in [3.05, 3.63) is 60.0 Å². The Morgan fingerprint density at radius 1 is 1.32 bits per heavy atom. The van der Waals surface area contributed by atoms with Crippen LogP contribution < -0.4 is 11.1 Å². The van der Waals surface area contributed by atoms with Gasteiger partial charge < -0.3 is 16.2 Å². The molecule has 1 fully saturated rings. The highest BCUT2D eigenvalue weighted by atomic mass is 19.1. The monoisotopic (exact) mass is 342 g/mol. The number of aliphatic hydroxyl groups is 1. The van der Waals surface area contributed by atoms with Crippen LogP contribution in [0.2, 0.25) is 0 Å². The van der Waals surface area contributed by atoms with E-state index in [1.54, 1.807) is 24.4 Å². The fraction of sp³-hybridized carbons (Fsp3) is 0.368. The molecular weight excluding hydrogens is 319 g/mol. The van der Waals surface area contributed by atoms with Crippen molar-refractivity contribution in [3.63, 3.8) is 0 Å². The number of benzene rings is 1. The summed E-state index contributed by atoms with van der Waals surface area (Å²) >= 11 is 0. The molecule has 2 aromatic rings. The molecule has 5 nitrogen and oxygen atoms in total. The molecule has 0 saturated heterocycles. The number of nitrogens with one attached hydrogen (secondary N) is 1. The molecule has 2 atom stereocenters. The summed E-state index contributed by atoms with van der Waals surface area (Å²) in [6.45, 7) is 0.414. The van der Waals surface area contributed by atoms with Gasteiger partial charge in [-0.1, -0.05) is 24.6 Å². The molecule has 1 aromatic heterocycles. The van der Waals surface area contributed by atoms with E-state index in [-0.39, 0.29) is 17.2 Å². The van der Waals surface area contributed by atoms with E-state index in [1.165, 1.54) is 12.1 Å². The first-order chi connectivity index (χ1) is 12.1. The molecule has 6 heteroatoms. The first-order valence-electron chi connectivity index (χ1n) is 8.48. The number of nitrogens with two attached hydrogens (primary N) is 1. The van der Waals surface area contributed by atoms with Crippen molar-refractivity contribution < 1.29 is 9.50 Å². The van der Waals surface area contributed by atoms with Gasteiger partial charge in [-0.2, -0.15) is 0 Å². The minimum Gasteiger partial charge on any atom is -0.392 e. The van der Waals surface area contributed by atoms with Crippen LogP contribution in [0.5, 0.6) is 0 Å². The van der Waals surface area contributed by atoms with Crippen LogP contribution in [0, 0.1) is 11.2 Å². The summed E-state index contributed by atoms with van der Waals surface area (Å²) in [5.74, 6) is 0.645. The average Bonchev–Trinajstić information content (AvgIpc) is 2.97. The molecule has 25 heavy (non-hydrogen) atoms. The zero-order valence-electron chi connectivity index (χ0n) is 14.0. The zero-order valence-corrected chi connectivity index (χ0v) is 14.0. The van der Waals surface area contributed by atoms with Crippen molar-refractivity contribution in [2.24, 2.45) is 16.1 Å². The summed E-state index contributed by atoms with van der Waals surface area (Å²) in [6.07, 6.45) is 4.45. The largest absolute Gasteiger partial charge is 0.392 e. The lowest BCUT2D eigenvalue weighted by Crippen LogP contribution is -2.37. The topological polar surface area (TPSA) is 83.5 Å². The van der Waals surface area contributed by atoms with Gasteiger partial charge in [-0.3, -0.25) is 4.99 Å². The minimum atomic E-state index is -0.441. The van der Waals surface area contributed by atoms with E-state index < -0.39 is 6.10 Å². The number of anilines is 1. The van der Waals surface area contributed by atoms with Crippen LogP contribution in [0.3, 0.4) is 0 Å². The lowest BCUT2D eigenvalue weighted by molar-refractivity contribution is 0.0592. The maximum Gasteiger partial charge on any atom is 0.194 e. The Morgan fingerprint density at radius 3 is 2.76 bits per heavy atom. The number of guanidine groups is 1. The molecule has 1 saturated carbocycles. The number of aliphatic hydroxyl groups excluding tert-OH is 1. The van der Waals surface area contributed by atoms with E-state index in [0.717, 1.165) is 24.8 Å². The molecule has 1 aromatic carbocycles. The SMILES string of the molecule is NC(=NCC1(Cc2ccc(F)cc2)CCCC1O)Nc1ccccn1. The van der Waals surface area contributed by atoms with Crippen LogP contribution in [0.25, 0.3) is 0 Å². The molecule has 0 bridgehead atoms. The van der Waals surface area contributed by atoms with Gasteiger partial charge in [0.2, 0.25) is 0 Å². The number of halogens is 1. The fourth-order valence-corrected chi connectivity index (χ4v) is 3.43. The number of aliphatic imine (C=N–C) groups is 1. The first kappa shape index (κ1) is 17.4.